The number of hydrogen-bond donors (Lipinski definition) is 0. The standard InChI is InChI=1S/2C12H13.2CH3.H2Si.Zr/c2*1-8-4-11-6-9(2)10(3)7-12(11)5-8;;;;/h2*4-7H,1-3H3;2*1H3;1H2;. The molecule has 2 aliphatic carbocycles. The number of benzene rings is 2. The Kier molecular flexibility index (Phi) is 4.54. The van der Waals surface area contributed by atoms with E-state index in [0.717, 1.165) is 0 Å². The van der Waals surface area contributed by atoms with Crippen LogP contribution in [0.4, 0.5) is 0 Å². The van der Waals surface area contributed by atoms with Gasteiger partial charge in [-0.3, -0.25) is 0 Å². The quantitative estimate of drug-likeness (QED) is 0.424. The number of allylic oxidation sites excluding steroid dienone is 2. The molecule has 0 N–H and O–H groups in total. The molecule has 0 fully saturated rings. The molecule has 4 rings (SSSR count). The predicted octanol–water partition coefficient (Wildman–Crippen LogP) is 6.87. The van der Waals surface area contributed by atoms with Crippen LogP contribution in [0.25, 0.3) is 12.2 Å². The summed E-state index contributed by atoms with van der Waals surface area (Å²) >= 11 is -3.27. The molecule has 0 bridgehead atoms. The summed E-state index contributed by atoms with van der Waals surface area (Å²) in [6.07, 6.45) is 4.96. The Hall–Kier alpha value is -0.980. The molecular weight excluding hydrogens is 432 g/mol. The topological polar surface area (TPSA) is 0 Å². The summed E-state index contributed by atoms with van der Waals surface area (Å²) in [5, 5.41) is 0. The maximum atomic E-state index is 2.72. The van der Waals surface area contributed by atoms with E-state index in [1.807, 2.05) is 0 Å². The zero-order valence-corrected chi connectivity index (χ0v) is 22.7. The van der Waals surface area contributed by atoms with Crippen LogP contribution in [0.3, 0.4) is 0 Å². The third-order valence-corrected chi connectivity index (χ3v) is 25.5. The normalized spacial score (nSPS) is 21.3. The van der Waals surface area contributed by atoms with Crippen LogP contribution in [0.5, 0.6) is 0 Å². The van der Waals surface area contributed by atoms with Crippen molar-refractivity contribution < 1.29 is 17.4 Å². The zero-order chi connectivity index (χ0) is 20.6. The Morgan fingerprint density at radius 3 is 1.29 bits per heavy atom. The second kappa shape index (κ2) is 6.26. The van der Waals surface area contributed by atoms with Gasteiger partial charge in [-0.15, -0.1) is 0 Å². The van der Waals surface area contributed by atoms with E-state index in [9.17, 15) is 0 Å². The van der Waals surface area contributed by atoms with Gasteiger partial charge in [-0.05, 0) is 0 Å². The molecule has 0 saturated heterocycles. The van der Waals surface area contributed by atoms with Gasteiger partial charge in [-0.25, -0.2) is 0 Å². The van der Waals surface area contributed by atoms with Crippen molar-refractivity contribution >= 4 is 19.0 Å². The number of fused-ring (bicyclic) bond motifs is 2. The molecule has 0 aliphatic heterocycles. The van der Waals surface area contributed by atoms with Gasteiger partial charge in [0.15, 0.2) is 0 Å². The zero-order valence-electron chi connectivity index (χ0n) is 18.8. The van der Waals surface area contributed by atoms with Crippen molar-refractivity contribution in [2.45, 2.75) is 58.1 Å². The van der Waals surface area contributed by atoms with Gasteiger partial charge in [-0.2, -0.15) is 0 Å². The van der Waals surface area contributed by atoms with E-state index in [0.29, 0.717) is 7.25 Å². The van der Waals surface area contributed by atoms with Crippen molar-refractivity contribution in [1.29, 1.82) is 0 Å². The molecule has 2 unspecified atom stereocenters. The third-order valence-electron chi connectivity index (χ3n) is 7.59. The molecule has 0 amide bonds. The van der Waals surface area contributed by atoms with E-state index in [1.165, 1.54) is 33.4 Å². The Morgan fingerprint density at radius 2 is 0.929 bits per heavy atom. The molecule has 0 nitrogen and oxygen atoms in total. The van der Waals surface area contributed by atoms with Crippen molar-refractivity contribution in [2.75, 3.05) is 0 Å². The van der Waals surface area contributed by atoms with Gasteiger partial charge in [0.2, 0.25) is 0 Å². The van der Waals surface area contributed by atoms with Crippen LogP contribution in [0.1, 0.15) is 65.6 Å². The monoisotopic (exact) mass is 464 g/mol. The fourth-order valence-electron chi connectivity index (χ4n) is 6.30. The van der Waals surface area contributed by atoms with E-state index in [2.05, 4.69) is 94.1 Å². The van der Waals surface area contributed by atoms with Crippen molar-refractivity contribution in [3.63, 3.8) is 0 Å². The first-order valence-electron chi connectivity index (χ1n) is 10.5. The second-order valence-corrected chi connectivity index (χ2v) is 41.2. The summed E-state index contributed by atoms with van der Waals surface area (Å²) in [5.74, 6) is 0. The average Bonchev–Trinajstić information content (AvgIpc) is 3.04. The Labute approximate surface area is 173 Å². The molecule has 2 atom stereocenters. The predicted molar refractivity (Wildman–Crippen MR) is 125 cm³/mol. The molecule has 2 aromatic rings. The van der Waals surface area contributed by atoms with Crippen molar-refractivity contribution in [2.24, 2.45) is 0 Å². The van der Waals surface area contributed by atoms with Gasteiger partial charge in [0, 0.05) is 0 Å². The minimum atomic E-state index is -3.27. The molecule has 28 heavy (non-hydrogen) atoms. The third kappa shape index (κ3) is 2.86. The Bertz CT molecular complexity index is 1070. The molecule has 0 aromatic heterocycles. The fraction of sp³-hybridized carbons (Fsp3) is 0.385. The van der Waals surface area contributed by atoms with Crippen LogP contribution in [-0.4, -0.2) is 6.88 Å². The summed E-state index contributed by atoms with van der Waals surface area (Å²) in [7, 11) is 0. The van der Waals surface area contributed by atoms with Crippen LogP contribution < -0.4 is 0 Å². The summed E-state index contributed by atoms with van der Waals surface area (Å²) in [5.41, 5.74) is 15.1. The van der Waals surface area contributed by atoms with E-state index in [-0.39, 0.29) is 0 Å². The van der Waals surface area contributed by atoms with E-state index < -0.39 is 17.4 Å². The summed E-state index contributed by atoms with van der Waals surface area (Å²) in [6, 6.07) is 9.85. The van der Waals surface area contributed by atoms with Crippen molar-refractivity contribution in [3.05, 3.63) is 79.9 Å². The molecule has 0 saturated carbocycles. The number of aryl methyl sites for hydroxylation is 4. The van der Waals surface area contributed by atoms with Crippen LogP contribution in [0.15, 0.2) is 35.4 Å². The minimum absolute atomic E-state index is 0.634. The van der Waals surface area contributed by atoms with Gasteiger partial charge in [0.25, 0.3) is 0 Å². The molecular formula is C26H34SiZr. The summed E-state index contributed by atoms with van der Waals surface area (Å²) in [6.45, 7) is 16.2. The number of rotatable bonds is 2. The molecule has 2 heteroatoms. The van der Waals surface area contributed by atoms with Crippen LogP contribution in [0.2, 0.25) is 9.26 Å². The van der Waals surface area contributed by atoms with E-state index >= 15 is 0 Å². The van der Waals surface area contributed by atoms with Crippen LogP contribution >= 0.6 is 0 Å². The number of hydrogen-bond acceptors (Lipinski definition) is 0. The van der Waals surface area contributed by atoms with E-state index in [4.69, 9.17) is 0 Å². The molecule has 2 aromatic carbocycles. The van der Waals surface area contributed by atoms with Crippen molar-refractivity contribution in [3.8, 4) is 0 Å². The molecule has 0 heterocycles. The molecule has 2 aliphatic rings. The maximum absolute atomic E-state index is 3.27. The molecule has 146 valence electrons. The second-order valence-electron chi connectivity index (χ2n) is 10.7. The first-order chi connectivity index (χ1) is 12.9. The molecule has 0 spiro atoms. The first kappa shape index (κ1) is 20.3. The van der Waals surface area contributed by atoms with Gasteiger partial charge >= 0.3 is 174 Å². The van der Waals surface area contributed by atoms with Crippen LogP contribution in [-0.2, 0) is 17.4 Å². The molecule has 0 radical (unpaired) electrons. The first-order valence-corrected chi connectivity index (χ1v) is 24.2. The Morgan fingerprint density at radius 1 is 0.607 bits per heavy atom. The van der Waals surface area contributed by atoms with Gasteiger partial charge < -0.3 is 0 Å². The Balaban J connectivity index is 1.94. The van der Waals surface area contributed by atoms with E-state index in [1.54, 1.807) is 22.3 Å². The fourth-order valence-corrected chi connectivity index (χ4v) is 27.5. The van der Waals surface area contributed by atoms with Crippen molar-refractivity contribution in [1.82, 2.24) is 0 Å². The SMILES string of the molecule is CC1=Cc2cc(C)c(C)cc2[CH]1[Zr]([CH3])([CH3])(=[SiH2])[CH]1C(C)=Cc2cc(C)c(C)cc21. The average molecular weight is 466 g/mol. The summed E-state index contributed by atoms with van der Waals surface area (Å²) < 4.78 is 6.71. The summed E-state index contributed by atoms with van der Waals surface area (Å²) in [4.78, 5) is 0. The van der Waals surface area contributed by atoms with Gasteiger partial charge in [0.1, 0.15) is 0 Å². The van der Waals surface area contributed by atoms with Gasteiger partial charge in [0.05, 0.1) is 0 Å². The van der Waals surface area contributed by atoms with Crippen LogP contribution in [0, 0.1) is 27.7 Å². The van der Waals surface area contributed by atoms with Gasteiger partial charge in [-0.1, -0.05) is 0 Å².